The van der Waals surface area contributed by atoms with E-state index in [-0.39, 0.29) is 11.8 Å². The number of aromatic nitrogens is 3. The van der Waals surface area contributed by atoms with E-state index in [0.29, 0.717) is 11.0 Å². The molecule has 0 unspecified atom stereocenters. The zero-order chi connectivity index (χ0) is 17.3. The van der Waals surface area contributed by atoms with Crippen molar-refractivity contribution in [1.82, 2.24) is 15.0 Å². The predicted octanol–water partition coefficient (Wildman–Crippen LogP) is 1.99. The van der Waals surface area contributed by atoms with E-state index in [1.165, 1.54) is 0 Å². The van der Waals surface area contributed by atoms with Crippen molar-refractivity contribution in [3.05, 3.63) is 53.2 Å². The van der Waals surface area contributed by atoms with Gasteiger partial charge in [-0.2, -0.15) is 9.97 Å². The molecular weight excluding hydrogens is 306 g/mol. The molecule has 0 saturated carbocycles. The summed E-state index contributed by atoms with van der Waals surface area (Å²) in [7, 11) is 3.17. The average molecular weight is 325 g/mol. The molecule has 0 bridgehead atoms. The third kappa shape index (κ3) is 2.34. The number of rotatable bonds is 4. The summed E-state index contributed by atoms with van der Waals surface area (Å²) in [4.78, 5) is 12.6. The summed E-state index contributed by atoms with van der Waals surface area (Å²) in [5.74, 6) is -0.744. The van der Waals surface area contributed by atoms with E-state index >= 15 is 0 Å². The van der Waals surface area contributed by atoms with Gasteiger partial charge in [0.2, 0.25) is 11.7 Å². The molecule has 0 radical (unpaired) electrons. The Labute approximate surface area is 139 Å². The Kier molecular flexibility index (Phi) is 4.04. The number of hydrogen-bond acceptors (Lipinski definition) is 7. The van der Waals surface area contributed by atoms with Crippen LogP contribution in [0.25, 0.3) is 11.0 Å². The third-order valence-corrected chi connectivity index (χ3v) is 4.11. The fourth-order valence-electron chi connectivity index (χ4n) is 2.98. The van der Waals surface area contributed by atoms with Gasteiger partial charge in [0.1, 0.15) is 5.82 Å². The van der Waals surface area contributed by atoms with Gasteiger partial charge in [-0.3, -0.25) is 0 Å². The van der Waals surface area contributed by atoms with E-state index in [1.807, 2.05) is 37.3 Å². The number of ether oxygens (including phenoxy) is 2. The van der Waals surface area contributed by atoms with Crippen molar-refractivity contribution in [2.24, 2.45) is 0 Å². The van der Waals surface area contributed by atoms with Crippen LogP contribution in [0.3, 0.4) is 0 Å². The van der Waals surface area contributed by atoms with Crippen molar-refractivity contribution >= 4 is 22.8 Å². The van der Waals surface area contributed by atoms with Crippen LogP contribution in [0.15, 0.2) is 36.5 Å². The number of pyridine rings is 1. The van der Waals surface area contributed by atoms with Crippen LogP contribution >= 0.6 is 0 Å². The lowest BCUT2D eigenvalue weighted by Crippen LogP contribution is -2.33. The van der Waals surface area contributed by atoms with Gasteiger partial charge in [-0.25, -0.2) is 4.98 Å². The normalized spacial score (nSPS) is 11.8. The first kappa shape index (κ1) is 16.1. The Balaban J connectivity index is 2.32. The summed E-state index contributed by atoms with van der Waals surface area (Å²) in [5, 5.41) is 0.635. The van der Waals surface area contributed by atoms with Crippen LogP contribution in [-0.4, -0.2) is 29.2 Å². The standard InChI is InChI=1S/C17H19N5O2/c1-10-12(9-20-15-13(10)14(18)21-16(19)22-15)17(23-2,24-3)11-7-5-4-6-8-11/h4-9H,1-3H3,(H4,18,19,20,21,22). The first-order valence-corrected chi connectivity index (χ1v) is 7.38. The number of anilines is 2. The second-order valence-corrected chi connectivity index (χ2v) is 5.35. The smallest absolute Gasteiger partial charge is 0.224 e. The summed E-state index contributed by atoms with van der Waals surface area (Å²) in [6.07, 6.45) is 1.67. The number of nitrogens with zero attached hydrogens (tertiary/aromatic N) is 3. The highest BCUT2D eigenvalue weighted by Gasteiger charge is 2.37. The minimum Gasteiger partial charge on any atom is -0.383 e. The average Bonchev–Trinajstić information content (AvgIpc) is 2.58. The van der Waals surface area contributed by atoms with Gasteiger partial charge in [-0.1, -0.05) is 30.3 Å². The van der Waals surface area contributed by atoms with Crippen LogP contribution in [0.4, 0.5) is 11.8 Å². The van der Waals surface area contributed by atoms with E-state index in [2.05, 4.69) is 15.0 Å². The van der Waals surface area contributed by atoms with E-state index in [9.17, 15) is 0 Å². The lowest BCUT2D eigenvalue weighted by Gasteiger charge is -2.33. The molecule has 0 fully saturated rings. The molecule has 2 aromatic heterocycles. The molecule has 24 heavy (non-hydrogen) atoms. The molecule has 3 aromatic rings. The van der Waals surface area contributed by atoms with Crippen molar-refractivity contribution in [2.45, 2.75) is 12.7 Å². The van der Waals surface area contributed by atoms with Crippen molar-refractivity contribution in [1.29, 1.82) is 0 Å². The SMILES string of the molecule is COC(OC)(c1ccccc1)c1cnc2nc(N)nc(N)c2c1C. The molecule has 4 N–H and O–H groups in total. The van der Waals surface area contributed by atoms with Crippen molar-refractivity contribution < 1.29 is 9.47 Å². The number of hydrogen-bond donors (Lipinski definition) is 2. The Hall–Kier alpha value is -2.77. The maximum Gasteiger partial charge on any atom is 0.224 e. The molecule has 0 aliphatic heterocycles. The van der Waals surface area contributed by atoms with E-state index in [4.69, 9.17) is 20.9 Å². The zero-order valence-corrected chi connectivity index (χ0v) is 13.8. The topological polar surface area (TPSA) is 109 Å². The lowest BCUT2D eigenvalue weighted by atomic mass is 9.93. The van der Waals surface area contributed by atoms with Crippen LogP contribution < -0.4 is 11.5 Å². The van der Waals surface area contributed by atoms with E-state index in [1.54, 1.807) is 20.4 Å². The van der Waals surface area contributed by atoms with E-state index < -0.39 is 5.79 Å². The molecular formula is C17H19N5O2. The van der Waals surface area contributed by atoms with Gasteiger partial charge in [0.05, 0.1) is 5.39 Å². The van der Waals surface area contributed by atoms with Crippen molar-refractivity contribution in [2.75, 3.05) is 25.7 Å². The third-order valence-electron chi connectivity index (χ3n) is 4.11. The molecule has 0 atom stereocenters. The lowest BCUT2D eigenvalue weighted by molar-refractivity contribution is -0.184. The molecule has 0 saturated heterocycles. The summed E-state index contributed by atoms with van der Waals surface area (Å²) >= 11 is 0. The monoisotopic (exact) mass is 325 g/mol. The molecule has 7 heteroatoms. The highest BCUT2D eigenvalue weighted by Crippen LogP contribution is 2.38. The van der Waals surface area contributed by atoms with Crippen LogP contribution in [0.2, 0.25) is 0 Å². The van der Waals surface area contributed by atoms with Gasteiger partial charge in [0, 0.05) is 31.5 Å². The Morgan fingerprint density at radius 1 is 1.00 bits per heavy atom. The molecule has 2 heterocycles. The molecule has 0 amide bonds. The minimum absolute atomic E-state index is 0.0902. The summed E-state index contributed by atoms with van der Waals surface area (Å²) in [5.41, 5.74) is 14.5. The van der Waals surface area contributed by atoms with Gasteiger partial charge in [0.15, 0.2) is 5.65 Å². The molecule has 1 aromatic carbocycles. The first-order valence-electron chi connectivity index (χ1n) is 7.38. The number of benzene rings is 1. The van der Waals surface area contributed by atoms with Gasteiger partial charge < -0.3 is 20.9 Å². The Bertz CT molecular complexity index is 879. The number of nitrogens with two attached hydrogens (primary N) is 2. The maximum atomic E-state index is 6.04. The van der Waals surface area contributed by atoms with Gasteiger partial charge >= 0.3 is 0 Å². The molecule has 3 rings (SSSR count). The van der Waals surface area contributed by atoms with Crippen molar-refractivity contribution in [3.8, 4) is 0 Å². The van der Waals surface area contributed by atoms with Gasteiger partial charge in [0.25, 0.3) is 0 Å². The summed E-state index contributed by atoms with van der Waals surface area (Å²) in [6, 6.07) is 9.63. The number of aryl methyl sites for hydroxylation is 1. The largest absolute Gasteiger partial charge is 0.383 e. The van der Waals surface area contributed by atoms with Crippen LogP contribution in [-0.2, 0) is 15.3 Å². The maximum absolute atomic E-state index is 6.04. The molecule has 124 valence electrons. The summed E-state index contributed by atoms with van der Waals surface area (Å²) < 4.78 is 11.6. The highest BCUT2D eigenvalue weighted by atomic mass is 16.7. The minimum atomic E-state index is -1.11. The van der Waals surface area contributed by atoms with Gasteiger partial charge in [-0.15, -0.1) is 0 Å². The van der Waals surface area contributed by atoms with Crippen LogP contribution in [0.1, 0.15) is 16.7 Å². The second-order valence-electron chi connectivity index (χ2n) is 5.35. The molecule has 0 aliphatic rings. The predicted molar refractivity (Wildman–Crippen MR) is 92.1 cm³/mol. The number of nitrogen functional groups attached to an aromatic ring is 2. The fourth-order valence-corrected chi connectivity index (χ4v) is 2.98. The quantitative estimate of drug-likeness (QED) is 0.706. The summed E-state index contributed by atoms with van der Waals surface area (Å²) in [6.45, 7) is 1.91. The fraction of sp³-hybridized carbons (Fsp3) is 0.235. The van der Waals surface area contributed by atoms with Crippen LogP contribution in [0, 0.1) is 6.92 Å². The first-order chi connectivity index (χ1) is 11.5. The second kappa shape index (κ2) is 6.03. The van der Waals surface area contributed by atoms with Gasteiger partial charge in [-0.05, 0) is 12.5 Å². The molecule has 0 aliphatic carbocycles. The number of fused-ring (bicyclic) bond motifs is 1. The number of methoxy groups -OCH3 is 2. The Morgan fingerprint density at radius 2 is 1.67 bits per heavy atom. The Morgan fingerprint density at radius 3 is 2.29 bits per heavy atom. The van der Waals surface area contributed by atoms with Crippen molar-refractivity contribution in [3.63, 3.8) is 0 Å². The van der Waals surface area contributed by atoms with Crippen LogP contribution in [0.5, 0.6) is 0 Å². The highest BCUT2D eigenvalue weighted by molar-refractivity contribution is 5.90. The molecule has 0 spiro atoms. The zero-order valence-electron chi connectivity index (χ0n) is 13.8. The molecule has 7 nitrogen and oxygen atoms in total. The van der Waals surface area contributed by atoms with E-state index in [0.717, 1.165) is 16.7 Å².